The number of benzene rings is 1. The third kappa shape index (κ3) is 3.90. The molecule has 1 atom stereocenters. The fourth-order valence-corrected chi connectivity index (χ4v) is 1.16. The lowest BCUT2D eigenvalue weighted by Gasteiger charge is -2.09. The number of hydrogen-bond acceptors (Lipinski definition) is 3. The minimum Gasteiger partial charge on any atom is -0.494 e. The standard InChI is InChI=1S/C12H16O4/c1-9(8-13)6-7-16-11-4-2-10(3-5-11)12(14)15/h2-5,9,13H,6-8H2,1H3,(H,14,15)/t9-/m0/s1. The number of ether oxygens (including phenoxy) is 1. The van der Waals surface area contributed by atoms with E-state index in [0.717, 1.165) is 6.42 Å². The van der Waals surface area contributed by atoms with Crippen molar-refractivity contribution in [2.45, 2.75) is 13.3 Å². The summed E-state index contributed by atoms with van der Waals surface area (Å²) in [6.45, 7) is 2.62. The molecule has 0 fully saturated rings. The normalized spacial score (nSPS) is 12.1. The van der Waals surface area contributed by atoms with Gasteiger partial charge in [0.25, 0.3) is 0 Å². The van der Waals surface area contributed by atoms with Crippen molar-refractivity contribution in [3.63, 3.8) is 0 Å². The molecule has 1 aromatic carbocycles. The van der Waals surface area contributed by atoms with Crippen LogP contribution in [0.2, 0.25) is 0 Å². The highest BCUT2D eigenvalue weighted by Crippen LogP contribution is 2.13. The summed E-state index contributed by atoms with van der Waals surface area (Å²) in [7, 11) is 0. The molecule has 0 aliphatic rings. The van der Waals surface area contributed by atoms with Crippen LogP contribution in [0.15, 0.2) is 24.3 Å². The van der Waals surface area contributed by atoms with Gasteiger partial charge in [0.2, 0.25) is 0 Å². The molecular weight excluding hydrogens is 208 g/mol. The molecule has 0 aromatic heterocycles. The summed E-state index contributed by atoms with van der Waals surface area (Å²) in [5.74, 6) is -0.0751. The van der Waals surface area contributed by atoms with Crippen molar-refractivity contribution in [3.05, 3.63) is 29.8 Å². The largest absolute Gasteiger partial charge is 0.494 e. The smallest absolute Gasteiger partial charge is 0.335 e. The molecule has 0 aliphatic carbocycles. The molecule has 2 N–H and O–H groups in total. The summed E-state index contributed by atoms with van der Waals surface area (Å²) in [4.78, 5) is 10.6. The van der Waals surface area contributed by atoms with Crippen LogP contribution in [0.25, 0.3) is 0 Å². The van der Waals surface area contributed by atoms with E-state index in [4.69, 9.17) is 14.9 Å². The van der Waals surface area contributed by atoms with Crippen LogP contribution in [-0.2, 0) is 0 Å². The van der Waals surface area contributed by atoms with Crippen LogP contribution in [0.1, 0.15) is 23.7 Å². The fourth-order valence-electron chi connectivity index (χ4n) is 1.16. The van der Waals surface area contributed by atoms with Gasteiger partial charge in [-0.15, -0.1) is 0 Å². The van der Waals surface area contributed by atoms with E-state index in [9.17, 15) is 4.79 Å². The lowest BCUT2D eigenvalue weighted by molar-refractivity contribution is 0.0697. The molecule has 4 heteroatoms. The quantitative estimate of drug-likeness (QED) is 0.773. The number of carboxylic acid groups (broad SMARTS) is 1. The average Bonchev–Trinajstić information content (AvgIpc) is 2.29. The van der Waals surface area contributed by atoms with E-state index in [2.05, 4.69) is 0 Å². The summed E-state index contributed by atoms with van der Waals surface area (Å²) in [6.07, 6.45) is 0.775. The Morgan fingerprint density at radius 1 is 1.38 bits per heavy atom. The lowest BCUT2D eigenvalue weighted by Crippen LogP contribution is -2.07. The Morgan fingerprint density at radius 3 is 2.50 bits per heavy atom. The number of aliphatic hydroxyl groups excluding tert-OH is 1. The van der Waals surface area contributed by atoms with Gasteiger partial charge >= 0.3 is 5.97 Å². The molecule has 0 saturated carbocycles. The van der Waals surface area contributed by atoms with Crippen molar-refractivity contribution in [2.75, 3.05) is 13.2 Å². The zero-order valence-corrected chi connectivity index (χ0v) is 9.22. The van der Waals surface area contributed by atoms with Crippen LogP contribution in [-0.4, -0.2) is 29.4 Å². The maximum absolute atomic E-state index is 10.6. The van der Waals surface area contributed by atoms with Crippen LogP contribution >= 0.6 is 0 Å². The topological polar surface area (TPSA) is 66.8 Å². The monoisotopic (exact) mass is 224 g/mol. The van der Waals surface area contributed by atoms with Crippen molar-refractivity contribution in [1.82, 2.24) is 0 Å². The number of aromatic carboxylic acids is 1. The van der Waals surface area contributed by atoms with E-state index >= 15 is 0 Å². The van der Waals surface area contributed by atoms with Gasteiger partial charge in [-0.2, -0.15) is 0 Å². The first kappa shape index (κ1) is 12.5. The number of carboxylic acids is 1. The molecule has 0 aliphatic heterocycles. The minimum absolute atomic E-state index is 0.154. The molecule has 4 nitrogen and oxygen atoms in total. The van der Waals surface area contributed by atoms with Gasteiger partial charge in [0.1, 0.15) is 5.75 Å². The van der Waals surface area contributed by atoms with Gasteiger partial charge in [-0.1, -0.05) is 6.92 Å². The number of rotatable bonds is 6. The first-order valence-electron chi connectivity index (χ1n) is 5.20. The molecule has 0 radical (unpaired) electrons. The number of hydrogen-bond donors (Lipinski definition) is 2. The Morgan fingerprint density at radius 2 is 2.00 bits per heavy atom. The first-order chi connectivity index (χ1) is 7.63. The van der Waals surface area contributed by atoms with Gasteiger partial charge in [-0.3, -0.25) is 0 Å². The SMILES string of the molecule is C[C@H](CO)CCOc1ccc(C(=O)O)cc1. The summed E-state index contributed by atoms with van der Waals surface area (Å²) in [5, 5.41) is 17.5. The van der Waals surface area contributed by atoms with Gasteiger partial charge in [0.05, 0.1) is 12.2 Å². The van der Waals surface area contributed by atoms with E-state index in [1.807, 2.05) is 6.92 Å². The molecule has 0 amide bonds. The Kier molecular flexibility index (Phi) is 4.79. The molecule has 1 rings (SSSR count). The van der Waals surface area contributed by atoms with Gasteiger partial charge in [-0.25, -0.2) is 4.79 Å². The van der Waals surface area contributed by atoms with Crippen LogP contribution < -0.4 is 4.74 Å². The second kappa shape index (κ2) is 6.12. The highest BCUT2D eigenvalue weighted by Gasteiger charge is 2.03. The molecule has 0 heterocycles. The van der Waals surface area contributed by atoms with E-state index in [0.29, 0.717) is 12.4 Å². The Labute approximate surface area is 94.5 Å². The summed E-state index contributed by atoms with van der Waals surface area (Å²) in [5.41, 5.74) is 0.246. The van der Waals surface area contributed by atoms with Crippen LogP contribution in [0.5, 0.6) is 5.75 Å². The maximum Gasteiger partial charge on any atom is 0.335 e. The number of carbonyl (C=O) groups is 1. The Balaban J connectivity index is 2.40. The zero-order chi connectivity index (χ0) is 12.0. The molecule has 16 heavy (non-hydrogen) atoms. The van der Waals surface area contributed by atoms with E-state index in [-0.39, 0.29) is 18.1 Å². The fraction of sp³-hybridized carbons (Fsp3) is 0.417. The average molecular weight is 224 g/mol. The second-order valence-electron chi connectivity index (χ2n) is 3.75. The van der Waals surface area contributed by atoms with E-state index in [1.54, 1.807) is 12.1 Å². The van der Waals surface area contributed by atoms with Crippen molar-refractivity contribution >= 4 is 5.97 Å². The highest BCUT2D eigenvalue weighted by atomic mass is 16.5. The van der Waals surface area contributed by atoms with E-state index < -0.39 is 5.97 Å². The molecule has 0 saturated heterocycles. The third-order valence-electron chi connectivity index (χ3n) is 2.29. The Hall–Kier alpha value is -1.55. The van der Waals surface area contributed by atoms with Crippen molar-refractivity contribution < 1.29 is 19.7 Å². The van der Waals surface area contributed by atoms with E-state index in [1.165, 1.54) is 12.1 Å². The van der Waals surface area contributed by atoms with Gasteiger partial charge in [0.15, 0.2) is 0 Å². The van der Waals surface area contributed by atoms with Gasteiger partial charge in [0, 0.05) is 6.61 Å². The second-order valence-corrected chi connectivity index (χ2v) is 3.75. The predicted molar refractivity (Wildman–Crippen MR) is 59.8 cm³/mol. The third-order valence-corrected chi connectivity index (χ3v) is 2.29. The van der Waals surface area contributed by atoms with Gasteiger partial charge < -0.3 is 14.9 Å². The number of aliphatic hydroxyl groups is 1. The molecule has 0 bridgehead atoms. The van der Waals surface area contributed by atoms with Crippen molar-refractivity contribution in [3.8, 4) is 5.75 Å². The van der Waals surface area contributed by atoms with Crippen LogP contribution in [0.3, 0.4) is 0 Å². The highest BCUT2D eigenvalue weighted by molar-refractivity contribution is 5.87. The first-order valence-corrected chi connectivity index (χ1v) is 5.20. The zero-order valence-electron chi connectivity index (χ0n) is 9.22. The summed E-state index contributed by atoms with van der Waals surface area (Å²) in [6, 6.07) is 6.28. The molecular formula is C12H16O4. The molecule has 88 valence electrons. The van der Waals surface area contributed by atoms with Crippen molar-refractivity contribution in [2.24, 2.45) is 5.92 Å². The van der Waals surface area contributed by atoms with Crippen molar-refractivity contribution in [1.29, 1.82) is 0 Å². The molecule has 1 aromatic rings. The molecule has 0 unspecified atom stereocenters. The summed E-state index contributed by atoms with van der Waals surface area (Å²) >= 11 is 0. The van der Waals surface area contributed by atoms with Gasteiger partial charge in [-0.05, 0) is 36.6 Å². The Bertz CT molecular complexity index is 331. The lowest BCUT2D eigenvalue weighted by atomic mass is 10.1. The summed E-state index contributed by atoms with van der Waals surface area (Å²) < 4.78 is 5.41. The maximum atomic E-state index is 10.6. The van der Waals surface area contributed by atoms with Crippen LogP contribution in [0, 0.1) is 5.92 Å². The minimum atomic E-state index is -0.944. The van der Waals surface area contributed by atoms with Crippen LogP contribution in [0.4, 0.5) is 0 Å². The predicted octanol–water partition coefficient (Wildman–Crippen LogP) is 1.78. The molecule has 0 spiro atoms.